The Morgan fingerprint density at radius 3 is 2.35 bits per heavy atom. The third kappa shape index (κ3) is 4.82. The van der Waals surface area contributed by atoms with E-state index in [0.717, 1.165) is 0 Å². The van der Waals surface area contributed by atoms with E-state index in [2.05, 4.69) is 10.0 Å². The average molecular weight is 381 g/mol. The number of carbonyl (C=O) groups excluding carboxylic acids is 2. The zero-order chi connectivity index (χ0) is 19.5. The van der Waals surface area contributed by atoms with Gasteiger partial charge in [-0.1, -0.05) is 6.92 Å². The molecule has 26 heavy (non-hydrogen) atoms. The van der Waals surface area contributed by atoms with Crippen molar-refractivity contribution in [1.82, 2.24) is 9.62 Å². The molecule has 2 atom stereocenters. The zero-order valence-electron chi connectivity index (χ0n) is 15.7. The number of rotatable bonds is 7. The first-order valence-corrected chi connectivity index (χ1v) is 10.3. The van der Waals surface area contributed by atoms with Gasteiger partial charge >= 0.3 is 0 Å². The third-order valence-corrected chi connectivity index (χ3v) is 6.16. The van der Waals surface area contributed by atoms with Gasteiger partial charge in [0.05, 0.1) is 10.8 Å². The summed E-state index contributed by atoms with van der Waals surface area (Å²) in [7, 11) is -3.57. The number of hydrogen-bond acceptors (Lipinski definition) is 4. The summed E-state index contributed by atoms with van der Waals surface area (Å²) in [5.74, 6) is -0.632. The molecule has 0 aliphatic carbocycles. The fourth-order valence-electron chi connectivity index (χ4n) is 2.78. The Morgan fingerprint density at radius 2 is 1.85 bits per heavy atom. The molecule has 1 aromatic carbocycles. The molecule has 1 heterocycles. The van der Waals surface area contributed by atoms with Crippen molar-refractivity contribution in [2.75, 3.05) is 11.9 Å². The normalized spacial score (nSPS) is 19.0. The summed E-state index contributed by atoms with van der Waals surface area (Å²) >= 11 is 0. The Bertz CT molecular complexity index is 759. The van der Waals surface area contributed by atoms with Crippen LogP contribution in [0.15, 0.2) is 29.2 Å². The SMILES string of the molecule is CC[C@@H](C)NS(=O)(=O)c1ccc(NC(=O)[C@@H]2CC(=O)N(C(C)C)C2)cc1. The Hall–Kier alpha value is -1.93. The van der Waals surface area contributed by atoms with Crippen molar-refractivity contribution in [2.24, 2.45) is 5.92 Å². The summed E-state index contributed by atoms with van der Waals surface area (Å²) in [6.07, 6.45) is 0.899. The highest BCUT2D eigenvalue weighted by atomic mass is 32.2. The molecule has 1 aromatic rings. The summed E-state index contributed by atoms with van der Waals surface area (Å²) in [6.45, 7) is 7.96. The van der Waals surface area contributed by atoms with Crippen LogP contribution in [0.25, 0.3) is 0 Å². The molecule has 1 aliphatic rings. The third-order valence-electron chi connectivity index (χ3n) is 4.55. The first-order valence-electron chi connectivity index (χ1n) is 8.86. The largest absolute Gasteiger partial charge is 0.339 e. The van der Waals surface area contributed by atoms with E-state index in [0.29, 0.717) is 18.7 Å². The van der Waals surface area contributed by atoms with Crippen molar-refractivity contribution >= 4 is 27.5 Å². The van der Waals surface area contributed by atoms with Crippen LogP contribution in [0.3, 0.4) is 0 Å². The summed E-state index contributed by atoms with van der Waals surface area (Å²) in [4.78, 5) is 26.1. The number of sulfonamides is 1. The quantitative estimate of drug-likeness (QED) is 0.755. The van der Waals surface area contributed by atoms with Gasteiger partial charge < -0.3 is 10.2 Å². The van der Waals surface area contributed by atoms with Crippen LogP contribution in [0.1, 0.15) is 40.5 Å². The van der Waals surface area contributed by atoms with Gasteiger partial charge in [0.25, 0.3) is 0 Å². The van der Waals surface area contributed by atoms with Crippen LogP contribution < -0.4 is 10.0 Å². The van der Waals surface area contributed by atoms with Gasteiger partial charge in [-0.05, 0) is 51.5 Å². The number of benzene rings is 1. The second kappa shape index (κ2) is 8.18. The molecule has 8 heteroatoms. The molecule has 0 aromatic heterocycles. The van der Waals surface area contributed by atoms with Crippen molar-refractivity contribution in [3.63, 3.8) is 0 Å². The number of hydrogen-bond donors (Lipinski definition) is 2. The van der Waals surface area contributed by atoms with Crippen LogP contribution in [-0.2, 0) is 19.6 Å². The molecule has 0 unspecified atom stereocenters. The van der Waals surface area contributed by atoms with E-state index in [4.69, 9.17) is 0 Å². The lowest BCUT2D eigenvalue weighted by molar-refractivity contribution is -0.129. The highest BCUT2D eigenvalue weighted by molar-refractivity contribution is 7.89. The fourth-order valence-corrected chi connectivity index (χ4v) is 4.11. The summed E-state index contributed by atoms with van der Waals surface area (Å²) in [5, 5.41) is 2.76. The van der Waals surface area contributed by atoms with E-state index in [1.54, 1.807) is 24.0 Å². The van der Waals surface area contributed by atoms with Crippen molar-refractivity contribution in [3.8, 4) is 0 Å². The first kappa shape index (κ1) is 20.4. The topological polar surface area (TPSA) is 95.6 Å². The van der Waals surface area contributed by atoms with Gasteiger partial charge in [-0.3, -0.25) is 9.59 Å². The van der Waals surface area contributed by atoms with E-state index >= 15 is 0 Å². The van der Waals surface area contributed by atoms with Crippen LogP contribution in [-0.4, -0.2) is 43.8 Å². The molecule has 0 saturated carbocycles. The molecule has 0 bridgehead atoms. The summed E-state index contributed by atoms with van der Waals surface area (Å²) in [6, 6.07) is 5.95. The number of nitrogens with zero attached hydrogens (tertiary/aromatic N) is 1. The lowest BCUT2D eigenvalue weighted by Gasteiger charge is -2.20. The van der Waals surface area contributed by atoms with E-state index in [1.807, 2.05) is 20.8 Å². The molecule has 144 valence electrons. The highest BCUT2D eigenvalue weighted by Crippen LogP contribution is 2.22. The molecule has 0 spiro atoms. The molecule has 1 saturated heterocycles. The van der Waals surface area contributed by atoms with Crippen LogP contribution in [0, 0.1) is 5.92 Å². The van der Waals surface area contributed by atoms with Crippen LogP contribution in [0.4, 0.5) is 5.69 Å². The minimum absolute atomic E-state index is 0.0160. The Morgan fingerprint density at radius 1 is 1.23 bits per heavy atom. The number of likely N-dealkylation sites (tertiary alicyclic amines) is 1. The second-order valence-electron chi connectivity index (χ2n) is 6.99. The first-order chi connectivity index (χ1) is 12.1. The van der Waals surface area contributed by atoms with Crippen LogP contribution >= 0.6 is 0 Å². The number of anilines is 1. The minimum atomic E-state index is -3.57. The summed E-state index contributed by atoms with van der Waals surface area (Å²) in [5.41, 5.74) is 0.507. The molecule has 2 rings (SSSR count). The molecule has 2 N–H and O–H groups in total. The fraction of sp³-hybridized carbons (Fsp3) is 0.556. The van der Waals surface area contributed by atoms with E-state index in [9.17, 15) is 18.0 Å². The maximum atomic E-state index is 12.4. The molecule has 2 amide bonds. The molecule has 0 radical (unpaired) electrons. The van der Waals surface area contributed by atoms with Crippen molar-refractivity contribution in [3.05, 3.63) is 24.3 Å². The molecule has 1 fully saturated rings. The Kier molecular flexibility index (Phi) is 6.41. The van der Waals surface area contributed by atoms with E-state index in [1.165, 1.54) is 12.1 Å². The van der Waals surface area contributed by atoms with Gasteiger partial charge in [0.1, 0.15) is 0 Å². The molecular weight excluding hydrogens is 354 g/mol. The van der Waals surface area contributed by atoms with Crippen LogP contribution in [0.2, 0.25) is 0 Å². The monoisotopic (exact) mass is 381 g/mol. The van der Waals surface area contributed by atoms with Gasteiger partial charge in [0, 0.05) is 30.7 Å². The van der Waals surface area contributed by atoms with Gasteiger partial charge in [0.2, 0.25) is 21.8 Å². The van der Waals surface area contributed by atoms with Crippen molar-refractivity contribution in [2.45, 2.75) is 57.5 Å². The van der Waals surface area contributed by atoms with Crippen LogP contribution in [0.5, 0.6) is 0 Å². The molecule has 1 aliphatic heterocycles. The minimum Gasteiger partial charge on any atom is -0.339 e. The number of amides is 2. The molecule has 7 nitrogen and oxygen atoms in total. The van der Waals surface area contributed by atoms with Gasteiger partial charge in [-0.15, -0.1) is 0 Å². The standard InChI is InChI=1S/C18H27N3O4S/c1-5-13(4)20-26(24,25)16-8-6-15(7-9-16)19-18(23)14-10-17(22)21(11-14)12(2)3/h6-9,12-14,20H,5,10-11H2,1-4H3,(H,19,23)/t13-,14-/m1/s1. The highest BCUT2D eigenvalue weighted by Gasteiger charge is 2.35. The summed E-state index contributed by atoms with van der Waals surface area (Å²) < 4.78 is 27.1. The van der Waals surface area contributed by atoms with Gasteiger partial charge in [-0.25, -0.2) is 13.1 Å². The zero-order valence-corrected chi connectivity index (χ0v) is 16.5. The lowest BCUT2D eigenvalue weighted by Crippen LogP contribution is -2.33. The van der Waals surface area contributed by atoms with Crippen molar-refractivity contribution < 1.29 is 18.0 Å². The van der Waals surface area contributed by atoms with Gasteiger partial charge in [0.15, 0.2) is 0 Å². The number of carbonyl (C=O) groups is 2. The second-order valence-corrected chi connectivity index (χ2v) is 8.70. The van der Waals surface area contributed by atoms with E-state index in [-0.39, 0.29) is 41.1 Å². The van der Waals surface area contributed by atoms with E-state index < -0.39 is 10.0 Å². The Balaban J connectivity index is 2.01. The van der Waals surface area contributed by atoms with Crippen molar-refractivity contribution in [1.29, 1.82) is 0 Å². The predicted molar refractivity (Wildman–Crippen MR) is 100 cm³/mol. The lowest BCUT2D eigenvalue weighted by atomic mass is 10.1. The maximum Gasteiger partial charge on any atom is 0.240 e. The smallest absolute Gasteiger partial charge is 0.240 e. The predicted octanol–water partition coefficient (Wildman–Crippen LogP) is 1.96. The number of nitrogens with one attached hydrogen (secondary N) is 2. The van der Waals surface area contributed by atoms with Gasteiger partial charge in [-0.2, -0.15) is 0 Å². The Labute approximate surface area is 155 Å². The maximum absolute atomic E-state index is 12.4. The molecular formula is C18H27N3O4S. The average Bonchev–Trinajstić information content (AvgIpc) is 2.97.